The van der Waals surface area contributed by atoms with Crippen molar-refractivity contribution in [1.29, 1.82) is 0 Å². The van der Waals surface area contributed by atoms with Crippen LogP contribution in [0.25, 0.3) is 32.7 Å². The number of fused-ring (bicyclic) bond motifs is 3. The monoisotopic (exact) mass is 644 g/mol. The maximum Gasteiger partial charge on any atom is 0.0716 e. The molecular formula is C48H40N2. The van der Waals surface area contributed by atoms with Gasteiger partial charge in [-0.25, -0.2) is 0 Å². The Morgan fingerprint density at radius 3 is 2.14 bits per heavy atom. The van der Waals surface area contributed by atoms with Gasteiger partial charge >= 0.3 is 0 Å². The molecule has 0 radical (unpaired) electrons. The maximum atomic E-state index is 5.29. The summed E-state index contributed by atoms with van der Waals surface area (Å²) < 4.78 is 0. The summed E-state index contributed by atoms with van der Waals surface area (Å²) in [6.45, 7) is 10.4. The average Bonchev–Trinajstić information content (AvgIpc) is 3.16. The highest BCUT2D eigenvalue weighted by Gasteiger charge is 2.10. The first-order valence-electron chi connectivity index (χ1n) is 16.8. The average molecular weight is 645 g/mol. The van der Waals surface area contributed by atoms with E-state index in [0.717, 1.165) is 39.3 Å². The molecule has 6 rings (SSSR count). The molecule has 0 saturated carbocycles. The lowest BCUT2D eigenvalue weighted by Crippen LogP contribution is -2.01. The van der Waals surface area contributed by atoms with Crippen molar-refractivity contribution < 1.29 is 0 Å². The van der Waals surface area contributed by atoms with Gasteiger partial charge in [0.05, 0.1) is 18.0 Å². The number of aliphatic imine (C=N–C) groups is 2. The third kappa shape index (κ3) is 8.18. The molecule has 0 aliphatic heterocycles. The number of hydrogen-bond acceptors (Lipinski definition) is 2. The summed E-state index contributed by atoms with van der Waals surface area (Å²) in [6.07, 6.45) is 26.3. The van der Waals surface area contributed by atoms with E-state index in [1.54, 1.807) is 6.08 Å². The lowest BCUT2D eigenvalue weighted by atomic mass is 9.97. The smallest absolute Gasteiger partial charge is 0.0716 e. The zero-order valence-corrected chi connectivity index (χ0v) is 28.4. The third-order valence-electron chi connectivity index (χ3n) is 8.67. The summed E-state index contributed by atoms with van der Waals surface area (Å²) in [7, 11) is 0. The maximum absolute atomic E-state index is 5.29. The van der Waals surface area contributed by atoms with Crippen molar-refractivity contribution >= 4 is 34.0 Å². The van der Waals surface area contributed by atoms with Crippen LogP contribution in [0.5, 0.6) is 0 Å². The molecule has 0 aromatic heterocycles. The summed E-state index contributed by atoms with van der Waals surface area (Å²) in [5, 5.41) is 4.90. The minimum Gasteiger partial charge on any atom is -0.280 e. The van der Waals surface area contributed by atoms with Gasteiger partial charge in [0.1, 0.15) is 0 Å². The third-order valence-corrected chi connectivity index (χ3v) is 8.67. The molecule has 5 aromatic carbocycles. The van der Waals surface area contributed by atoms with Gasteiger partial charge in [0.25, 0.3) is 0 Å². The van der Waals surface area contributed by atoms with Crippen molar-refractivity contribution in [3.8, 4) is 11.1 Å². The Bertz CT molecular complexity index is 2300. The van der Waals surface area contributed by atoms with E-state index in [-0.39, 0.29) is 0 Å². The number of hydrogen-bond donors (Lipinski definition) is 0. The van der Waals surface area contributed by atoms with Crippen molar-refractivity contribution in [2.45, 2.75) is 13.5 Å². The van der Waals surface area contributed by atoms with Gasteiger partial charge in [-0.05, 0) is 80.7 Å². The van der Waals surface area contributed by atoms with Crippen LogP contribution in [0, 0.1) is 0 Å². The second-order valence-electron chi connectivity index (χ2n) is 12.0. The van der Waals surface area contributed by atoms with Crippen molar-refractivity contribution in [2.75, 3.05) is 0 Å². The molecule has 0 heterocycles. The highest BCUT2D eigenvalue weighted by atomic mass is 14.8. The lowest BCUT2D eigenvalue weighted by Gasteiger charge is -2.11. The molecule has 1 aliphatic rings. The van der Waals surface area contributed by atoms with Gasteiger partial charge in [0.15, 0.2) is 0 Å². The zero-order valence-electron chi connectivity index (χ0n) is 28.4. The molecule has 0 bridgehead atoms. The summed E-state index contributed by atoms with van der Waals surface area (Å²) in [5.41, 5.74) is 9.26. The first-order chi connectivity index (χ1) is 24.6. The summed E-state index contributed by atoms with van der Waals surface area (Å²) in [6, 6.07) is 38.4. The van der Waals surface area contributed by atoms with Crippen LogP contribution in [0.2, 0.25) is 0 Å². The van der Waals surface area contributed by atoms with Gasteiger partial charge in [-0.3, -0.25) is 9.98 Å². The van der Waals surface area contributed by atoms with E-state index in [9.17, 15) is 0 Å². The Kier molecular flexibility index (Phi) is 11.2. The molecular weight excluding hydrogens is 605 g/mol. The van der Waals surface area contributed by atoms with Crippen molar-refractivity contribution in [1.82, 2.24) is 0 Å². The quantitative estimate of drug-likeness (QED) is 0.0866. The summed E-state index contributed by atoms with van der Waals surface area (Å²) >= 11 is 0. The minimum absolute atomic E-state index is 0.511. The van der Waals surface area contributed by atoms with Crippen LogP contribution in [-0.2, 0) is 6.54 Å². The van der Waals surface area contributed by atoms with E-state index < -0.39 is 0 Å². The Labute approximate surface area is 296 Å². The van der Waals surface area contributed by atoms with Crippen LogP contribution < -0.4 is 0 Å². The standard InChI is InChI=1S/C48H40N2/c1-4-5-19-37-20-12-13-24-40(23-11-6-8-18-36(37)2)47(49-3)34-48(41-31-29-39(30-32-41)38-21-9-7-10-22-38)50-35-43-33-42-25-14-15-26-44(42)46-28-17-16-27-45(43)46/h4-34H,1,3,35H2,2H3/b8-6+,11-6?,13-12-,18-8?,19-5-,20-12?,23-11+,24-13?,36-18-,37-20-,37-36?,40-23?,40-24+,47-34-,50-48?. The number of benzene rings is 5. The van der Waals surface area contributed by atoms with Crippen molar-refractivity contribution in [3.63, 3.8) is 0 Å². The van der Waals surface area contributed by atoms with Gasteiger partial charge in [-0.2, -0.15) is 0 Å². The molecule has 50 heavy (non-hydrogen) atoms. The van der Waals surface area contributed by atoms with Gasteiger partial charge < -0.3 is 0 Å². The van der Waals surface area contributed by atoms with Crippen LogP contribution in [0.4, 0.5) is 0 Å². The topological polar surface area (TPSA) is 24.7 Å². The van der Waals surface area contributed by atoms with Gasteiger partial charge in [0.2, 0.25) is 0 Å². The Balaban J connectivity index is 1.44. The second-order valence-corrected chi connectivity index (χ2v) is 12.0. The molecule has 242 valence electrons. The van der Waals surface area contributed by atoms with E-state index in [4.69, 9.17) is 4.99 Å². The fraction of sp³-hybridized carbons (Fsp3) is 0.0417. The van der Waals surface area contributed by atoms with Gasteiger partial charge in [0, 0.05) is 5.57 Å². The highest BCUT2D eigenvalue weighted by Crippen LogP contribution is 2.30. The SMILES string of the molecule is C=C\C=C/C1=C/C=C\C=C(\C(=C\C(=NCc2cc3ccccc3c3ccccc23)c2ccc(-c3ccccc3)cc2)N=C)/C=C/C=C/C=C\1C. The Morgan fingerprint density at radius 1 is 0.680 bits per heavy atom. The van der Waals surface area contributed by atoms with E-state index in [1.165, 1.54) is 32.7 Å². The predicted molar refractivity (Wildman–Crippen MR) is 218 cm³/mol. The van der Waals surface area contributed by atoms with Crippen LogP contribution in [0.15, 0.2) is 227 Å². The highest BCUT2D eigenvalue weighted by molar-refractivity contribution is 6.11. The molecule has 2 heteroatoms. The van der Waals surface area contributed by atoms with Crippen LogP contribution in [0.1, 0.15) is 18.1 Å². The van der Waals surface area contributed by atoms with E-state index in [2.05, 4.69) is 159 Å². The van der Waals surface area contributed by atoms with Crippen molar-refractivity contribution in [3.05, 3.63) is 228 Å². The second kappa shape index (κ2) is 16.6. The number of allylic oxidation sites excluding steroid dienone is 15. The molecule has 2 nitrogen and oxygen atoms in total. The van der Waals surface area contributed by atoms with Gasteiger partial charge in [-0.15, -0.1) is 0 Å². The molecule has 0 atom stereocenters. The van der Waals surface area contributed by atoms with Crippen LogP contribution >= 0.6 is 0 Å². The normalized spacial score (nSPS) is 19.3. The van der Waals surface area contributed by atoms with Gasteiger partial charge in [-0.1, -0.05) is 183 Å². The molecule has 0 saturated heterocycles. The predicted octanol–water partition coefficient (Wildman–Crippen LogP) is 12.5. The lowest BCUT2D eigenvalue weighted by molar-refractivity contribution is 1.09. The van der Waals surface area contributed by atoms with Crippen LogP contribution in [-0.4, -0.2) is 12.4 Å². The summed E-state index contributed by atoms with van der Waals surface area (Å²) in [5.74, 6) is 0. The molecule has 0 N–H and O–H groups in total. The first-order valence-corrected chi connectivity index (χ1v) is 16.8. The number of rotatable bonds is 9. The Hall–Kier alpha value is -6.38. The molecule has 0 spiro atoms. The molecule has 1 aliphatic carbocycles. The van der Waals surface area contributed by atoms with E-state index in [0.29, 0.717) is 6.54 Å². The Morgan fingerprint density at radius 2 is 1.36 bits per heavy atom. The van der Waals surface area contributed by atoms with Crippen LogP contribution in [0.3, 0.4) is 0 Å². The van der Waals surface area contributed by atoms with E-state index in [1.807, 2.05) is 48.6 Å². The number of nitrogens with zero attached hydrogens (tertiary/aromatic N) is 2. The summed E-state index contributed by atoms with van der Waals surface area (Å²) in [4.78, 5) is 9.82. The zero-order chi connectivity index (χ0) is 34.5. The largest absolute Gasteiger partial charge is 0.280 e. The fourth-order valence-electron chi connectivity index (χ4n) is 6.02. The molecule has 0 amide bonds. The molecule has 5 aromatic rings. The molecule has 0 unspecified atom stereocenters. The molecule has 0 fully saturated rings. The van der Waals surface area contributed by atoms with Crippen molar-refractivity contribution in [2.24, 2.45) is 9.98 Å². The minimum atomic E-state index is 0.511. The fourth-order valence-corrected chi connectivity index (χ4v) is 6.02. The first kappa shape index (κ1) is 33.5. The van der Waals surface area contributed by atoms with E-state index >= 15 is 0 Å².